The molecule has 6 heteroatoms. The van der Waals surface area contributed by atoms with Gasteiger partial charge in [-0.1, -0.05) is 13.8 Å². The number of hydrogen-bond acceptors (Lipinski definition) is 4. The minimum absolute atomic E-state index is 0.0833. The second-order valence-corrected chi connectivity index (χ2v) is 9.23. The Balaban J connectivity index is 0.000000221. The lowest BCUT2D eigenvalue weighted by molar-refractivity contribution is 0.0522. The molecule has 162 valence electrons. The predicted molar refractivity (Wildman–Crippen MR) is 114 cm³/mol. The van der Waals surface area contributed by atoms with E-state index in [1.54, 1.807) is 0 Å². The van der Waals surface area contributed by atoms with Crippen molar-refractivity contribution in [2.75, 3.05) is 0 Å². The monoisotopic (exact) mass is 404 g/mol. The highest BCUT2D eigenvalue weighted by atomic mass is 16.4. The van der Waals surface area contributed by atoms with Gasteiger partial charge in [0.25, 0.3) is 0 Å². The summed E-state index contributed by atoms with van der Waals surface area (Å²) in [5, 5.41) is 16.9. The van der Waals surface area contributed by atoms with Crippen molar-refractivity contribution in [1.29, 1.82) is 0 Å². The Labute approximate surface area is 173 Å². The van der Waals surface area contributed by atoms with Gasteiger partial charge < -0.3 is 21.7 Å². The summed E-state index contributed by atoms with van der Waals surface area (Å²) in [5.74, 6) is -0.345. The minimum atomic E-state index is -1.06. The first kappa shape index (κ1) is 23.4. The van der Waals surface area contributed by atoms with Crippen molar-refractivity contribution in [3.05, 3.63) is 35.4 Å². The van der Waals surface area contributed by atoms with Gasteiger partial charge in [-0.05, 0) is 92.9 Å². The largest absolute Gasteiger partial charge is 0.478 e. The van der Waals surface area contributed by atoms with Crippen LogP contribution in [-0.2, 0) is 0 Å². The predicted octanol–water partition coefficient (Wildman–Crippen LogP) is 4.13. The first-order valence-electron chi connectivity index (χ1n) is 10.7. The van der Waals surface area contributed by atoms with Gasteiger partial charge in [-0.2, -0.15) is 0 Å². The fourth-order valence-corrected chi connectivity index (χ4v) is 4.82. The van der Waals surface area contributed by atoms with Crippen molar-refractivity contribution in [3.8, 4) is 0 Å². The number of aromatic carboxylic acids is 2. The van der Waals surface area contributed by atoms with Crippen LogP contribution in [0, 0.1) is 17.3 Å². The molecular formula is C23H36N2O4. The van der Waals surface area contributed by atoms with Gasteiger partial charge in [0.2, 0.25) is 0 Å². The zero-order valence-electron chi connectivity index (χ0n) is 17.6. The molecule has 0 spiro atoms. The number of nitrogens with two attached hydrogens (primary N) is 2. The highest BCUT2D eigenvalue weighted by Crippen LogP contribution is 2.47. The average Bonchev–Trinajstić information content (AvgIpc) is 2.69. The summed E-state index contributed by atoms with van der Waals surface area (Å²) in [6.07, 6.45) is 10.3. The molecule has 1 aromatic carbocycles. The molecule has 0 amide bonds. The Morgan fingerprint density at radius 2 is 1.00 bits per heavy atom. The number of carbonyl (C=O) groups is 2. The first-order chi connectivity index (χ1) is 13.6. The lowest BCUT2D eigenvalue weighted by Crippen LogP contribution is -2.40. The molecule has 0 radical (unpaired) electrons. The van der Waals surface area contributed by atoms with Gasteiger partial charge in [0, 0.05) is 12.1 Å². The van der Waals surface area contributed by atoms with E-state index < -0.39 is 11.9 Å². The summed E-state index contributed by atoms with van der Waals surface area (Å²) < 4.78 is 0. The summed E-state index contributed by atoms with van der Waals surface area (Å²) in [6, 6.07) is 5.97. The molecule has 1 aromatic rings. The second-order valence-electron chi connectivity index (χ2n) is 9.23. The van der Waals surface area contributed by atoms with Crippen LogP contribution in [-0.4, -0.2) is 34.2 Å². The number of benzene rings is 1. The fourth-order valence-electron chi connectivity index (χ4n) is 4.82. The van der Waals surface area contributed by atoms with Crippen molar-refractivity contribution in [1.82, 2.24) is 0 Å². The van der Waals surface area contributed by atoms with Crippen molar-refractivity contribution < 1.29 is 19.8 Å². The topological polar surface area (TPSA) is 127 Å². The normalized spacial score (nSPS) is 27.4. The molecule has 2 fully saturated rings. The van der Waals surface area contributed by atoms with Crippen LogP contribution in [0.4, 0.5) is 0 Å². The molecule has 0 atom stereocenters. The van der Waals surface area contributed by atoms with Gasteiger partial charge in [0.05, 0.1) is 11.1 Å². The molecule has 3 rings (SSSR count). The third-order valence-electron chi connectivity index (χ3n) is 7.03. The number of hydrogen-bond donors (Lipinski definition) is 4. The Bertz CT molecular complexity index is 614. The van der Waals surface area contributed by atoms with Crippen LogP contribution in [0.3, 0.4) is 0 Å². The first-order valence-corrected chi connectivity index (χ1v) is 10.7. The molecule has 2 saturated carbocycles. The van der Waals surface area contributed by atoms with Crippen LogP contribution in [0.5, 0.6) is 0 Å². The molecule has 6 N–H and O–H groups in total. The molecule has 6 nitrogen and oxygen atoms in total. The van der Waals surface area contributed by atoms with Gasteiger partial charge in [-0.3, -0.25) is 0 Å². The fraction of sp³-hybridized carbons (Fsp3) is 0.652. The molecule has 0 bridgehead atoms. The maximum Gasteiger partial charge on any atom is 0.335 e. The van der Waals surface area contributed by atoms with Crippen LogP contribution in [0.1, 0.15) is 85.9 Å². The molecule has 29 heavy (non-hydrogen) atoms. The van der Waals surface area contributed by atoms with Gasteiger partial charge in [0.1, 0.15) is 0 Å². The molecule has 0 aromatic heterocycles. The van der Waals surface area contributed by atoms with Crippen molar-refractivity contribution in [2.24, 2.45) is 28.7 Å². The summed E-state index contributed by atoms with van der Waals surface area (Å²) in [5.41, 5.74) is 12.7. The molecular weight excluding hydrogens is 368 g/mol. The molecule has 0 saturated heterocycles. The van der Waals surface area contributed by atoms with Crippen molar-refractivity contribution in [3.63, 3.8) is 0 Å². The summed E-state index contributed by atoms with van der Waals surface area (Å²) in [6.45, 7) is 4.99. The van der Waals surface area contributed by atoms with Crippen molar-refractivity contribution >= 4 is 11.9 Å². The van der Waals surface area contributed by atoms with Crippen LogP contribution in [0.2, 0.25) is 0 Å². The van der Waals surface area contributed by atoms with Gasteiger partial charge in [-0.15, -0.1) is 0 Å². The summed E-state index contributed by atoms with van der Waals surface area (Å²) >= 11 is 0. The van der Waals surface area contributed by atoms with E-state index in [4.69, 9.17) is 21.7 Å². The van der Waals surface area contributed by atoms with Gasteiger partial charge in [0.15, 0.2) is 0 Å². The zero-order valence-corrected chi connectivity index (χ0v) is 17.6. The van der Waals surface area contributed by atoms with Crippen molar-refractivity contribution in [2.45, 2.75) is 77.3 Å². The second kappa shape index (κ2) is 10.2. The molecule has 2 aliphatic carbocycles. The van der Waals surface area contributed by atoms with E-state index in [1.165, 1.54) is 75.6 Å². The number of carboxylic acid groups (broad SMARTS) is 2. The maximum atomic E-state index is 10.3. The quantitative estimate of drug-likeness (QED) is 0.597. The van der Waals surface area contributed by atoms with E-state index in [2.05, 4.69) is 13.8 Å². The lowest BCUT2D eigenvalue weighted by atomic mass is 9.60. The summed E-state index contributed by atoms with van der Waals surface area (Å²) in [4.78, 5) is 20.7. The van der Waals surface area contributed by atoms with Crippen LogP contribution < -0.4 is 11.5 Å². The van der Waals surface area contributed by atoms with Crippen LogP contribution in [0.15, 0.2) is 24.3 Å². The Kier molecular flexibility index (Phi) is 8.23. The minimum Gasteiger partial charge on any atom is -0.478 e. The third kappa shape index (κ3) is 6.54. The highest BCUT2D eigenvalue weighted by Gasteiger charge is 2.39. The standard InChI is InChI=1S/C15H30N2.C8H6O4/c1-15(2,11-3-7-13(16)8-4-11)12-5-9-14(17)10-6-12;9-7(10)5-1-2-6(4-3-5)8(11)12/h11-14H,3-10,16-17H2,1-2H3;1-4H,(H,9,10)(H,11,12). The Morgan fingerprint density at radius 3 is 1.24 bits per heavy atom. The van der Waals surface area contributed by atoms with Crippen LogP contribution >= 0.6 is 0 Å². The molecule has 0 aliphatic heterocycles. The highest BCUT2D eigenvalue weighted by molar-refractivity contribution is 5.91. The van der Waals surface area contributed by atoms with E-state index in [9.17, 15) is 9.59 Å². The lowest BCUT2D eigenvalue weighted by Gasteiger charge is -2.46. The van der Waals surface area contributed by atoms with Gasteiger partial charge in [-0.25, -0.2) is 9.59 Å². The number of rotatable bonds is 4. The average molecular weight is 405 g/mol. The number of carboxylic acids is 2. The van der Waals surface area contributed by atoms with E-state index in [0.717, 1.165) is 11.8 Å². The van der Waals surface area contributed by atoms with E-state index in [1.807, 2.05) is 0 Å². The third-order valence-corrected chi connectivity index (χ3v) is 7.03. The molecule has 0 unspecified atom stereocenters. The maximum absolute atomic E-state index is 10.3. The van der Waals surface area contributed by atoms with Crippen LogP contribution in [0.25, 0.3) is 0 Å². The smallest absolute Gasteiger partial charge is 0.335 e. The van der Waals surface area contributed by atoms with E-state index in [-0.39, 0.29) is 11.1 Å². The molecule has 2 aliphatic rings. The SMILES string of the molecule is CC(C)(C1CCC(N)CC1)C1CCC(N)CC1.O=C(O)c1ccc(C(=O)O)cc1. The Morgan fingerprint density at radius 1 is 0.724 bits per heavy atom. The van der Waals surface area contributed by atoms with E-state index >= 15 is 0 Å². The Hall–Kier alpha value is -1.92. The zero-order chi connectivity index (χ0) is 21.6. The van der Waals surface area contributed by atoms with Gasteiger partial charge >= 0.3 is 11.9 Å². The van der Waals surface area contributed by atoms with E-state index in [0.29, 0.717) is 17.5 Å². The summed E-state index contributed by atoms with van der Waals surface area (Å²) in [7, 11) is 0. The molecule has 0 heterocycles.